The van der Waals surface area contributed by atoms with Crippen LogP contribution in [0.4, 0.5) is 10.1 Å². The summed E-state index contributed by atoms with van der Waals surface area (Å²) in [6.45, 7) is 3.84. The van der Waals surface area contributed by atoms with E-state index in [0.717, 1.165) is 42.5 Å². The van der Waals surface area contributed by atoms with Gasteiger partial charge in [0.1, 0.15) is 24.3 Å². The third-order valence-corrected chi connectivity index (χ3v) is 6.44. The van der Waals surface area contributed by atoms with Crippen molar-refractivity contribution in [3.63, 3.8) is 0 Å². The quantitative estimate of drug-likeness (QED) is 0.360. The molecule has 5 nitrogen and oxygen atoms in total. The highest BCUT2D eigenvalue weighted by Crippen LogP contribution is 2.23. The number of ether oxygens (including phenoxy) is 1. The van der Waals surface area contributed by atoms with Crippen LogP contribution in [0, 0.1) is 5.82 Å². The molecule has 1 saturated heterocycles. The highest BCUT2D eigenvalue weighted by atomic mass is 35.5. The summed E-state index contributed by atoms with van der Waals surface area (Å²) in [7, 11) is 0. The van der Waals surface area contributed by atoms with E-state index in [9.17, 15) is 14.3 Å². The average molecular weight is 533 g/mol. The molecule has 0 bridgehead atoms. The Morgan fingerprint density at radius 1 is 1.00 bits per heavy atom. The number of carbonyl (C=O) groups excluding carboxylic acids is 1. The first-order chi connectivity index (χ1) is 17.0. The molecule has 1 heterocycles. The van der Waals surface area contributed by atoms with Gasteiger partial charge in [-0.1, -0.05) is 41.9 Å². The molecule has 3 aromatic rings. The molecule has 0 amide bonds. The van der Waals surface area contributed by atoms with Crippen LogP contribution in [0.2, 0.25) is 5.02 Å². The highest BCUT2D eigenvalue weighted by molar-refractivity contribution is 6.30. The number of β-amino-alcohol motifs (C(OH)–C–C–N with tert-alkyl or cyclic N) is 1. The molecule has 1 atom stereocenters. The second-order valence-electron chi connectivity index (χ2n) is 8.78. The van der Waals surface area contributed by atoms with Crippen LogP contribution in [0.15, 0.2) is 72.8 Å². The topological polar surface area (TPSA) is 53.0 Å². The molecule has 1 fully saturated rings. The fourth-order valence-corrected chi connectivity index (χ4v) is 4.39. The van der Waals surface area contributed by atoms with Crippen molar-refractivity contribution in [2.45, 2.75) is 18.9 Å². The number of nitrogens with zero attached hydrogens (tertiary/aromatic N) is 2. The van der Waals surface area contributed by atoms with Gasteiger partial charge in [0.05, 0.1) is 5.56 Å². The summed E-state index contributed by atoms with van der Waals surface area (Å²) in [4.78, 5) is 17.3. The van der Waals surface area contributed by atoms with E-state index in [0.29, 0.717) is 18.7 Å². The number of benzene rings is 3. The Kier molecular flexibility index (Phi) is 10.6. The molecule has 0 spiro atoms. The molecule has 3 aromatic carbocycles. The number of aliphatic hydroxyl groups excluding tert-OH is 1. The molecule has 1 N–H and O–H groups in total. The van der Waals surface area contributed by atoms with Crippen LogP contribution in [0.25, 0.3) is 0 Å². The molecular weight excluding hydrogens is 502 g/mol. The Morgan fingerprint density at radius 2 is 1.69 bits per heavy atom. The maximum Gasteiger partial charge on any atom is 0.167 e. The van der Waals surface area contributed by atoms with E-state index in [-0.39, 0.29) is 36.8 Å². The molecule has 0 saturated carbocycles. The Balaban J connectivity index is 0.00000361. The second kappa shape index (κ2) is 13.6. The number of ketones is 1. The van der Waals surface area contributed by atoms with E-state index in [1.807, 2.05) is 54.6 Å². The number of rotatable bonds is 10. The minimum atomic E-state index is -0.727. The van der Waals surface area contributed by atoms with Gasteiger partial charge in [0, 0.05) is 49.9 Å². The van der Waals surface area contributed by atoms with Crippen molar-refractivity contribution in [1.82, 2.24) is 4.90 Å². The van der Waals surface area contributed by atoms with Crippen LogP contribution in [0.1, 0.15) is 22.3 Å². The first-order valence-corrected chi connectivity index (χ1v) is 12.3. The molecule has 1 unspecified atom stereocenters. The number of anilines is 1. The number of Topliss-reactive ketones (excluding diaryl/α,β-unsaturated/α-hetero) is 1. The van der Waals surface area contributed by atoms with Crippen LogP contribution >= 0.6 is 24.0 Å². The molecule has 0 aliphatic carbocycles. The van der Waals surface area contributed by atoms with E-state index in [4.69, 9.17) is 16.3 Å². The summed E-state index contributed by atoms with van der Waals surface area (Å²) in [5.41, 5.74) is 2.40. The van der Waals surface area contributed by atoms with Crippen LogP contribution in [0.5, 0.6) is 5.75 Å². The number of hydrogen-bond donors (Lipinski definition) is 1. The van der Waals surface area contributed by atoms with Gasteiger partial charge in [-0.05, 0) is 54.4 Å². The van der Waals surface area contributed by atoms with Gasteiger partial charge in [0.15, 0.2) is 5.78 Å². The summed E-state index contributed by atoms with van der Waals surface area (Å²) < 4.78 is 19.7. The van der Waals surface area contributed by atoms with Gasteiger partial charge in [-0.2, -0.15) is 0 Å². The van der Waals surface area contributed by atoms with Gasteiger partial charge in [0.25, 0.3) is 0 Å². The molecule has 192 valence electrons. The predicted octanol–water partition coefficient (Wildman–Crippen LogP) is 5.28. The normalized spacial score (nSPS) is 14.7. The molecule has 0 aromatic heterocycles. The summed E-state index contributed by atoms with van der Waals surface area (Å²) in [6.07, 6.45) is 0.0965. The zero-order valence-corrected chi connectivity index (χ0v) is 21.6. The van der Waals surface area contributed by atoms with Crippen molar-refractivity contribution in [3.05, 3.63) is 94.8 Å². The number of carbonyl (C=O) groups is 1. The van der Waals surface area contributed by atoms with Gasteiger partial charge in [-0.25, -0.2) is 4.39 Å². The lowest BCUT2D eigenvalue weighted by Gasteiger charge is -2.36. The largest absolute Gasteiger partial charge is 0.490 e. The maximum atomic E-state index is 13.9. The molecular formula is C28H31Cl2FN2O3. The minimum Gasteiger partial charge on any atom is -0.490 e. The SMILES string of the molecule is Cl.O=C(CCc1ccccc1)c1cc(F)ccc1OCC(O)CN1CCN(c2ccc(Cl)cc2)CC1. The van der Waals surface area contributed by atoms with Gasteiger partial charge in [-0.3, -0.25) is 9.69 Å². The molecule has 8 heteroatoms. The number of aryl methyl sites for hydroxylation is 1. The Labute approximate surface area is 222 Å². The fraction of sp³-hybridized carbons (Fsp3) is 0.321. The molecule has 0 radical (unpaired) electrons. The second-order valence-corrected chi connectivity index (χ2v) is 9.21. The van der Waals surface area contributed by atoms with Crippen molar-refractivity contribution >= 4 is 35.5 Å². The zero-order chi connectivity index (χ0) is 24.6. The molecule has 1 aliphatic heterocycles. The number of hydrogen-bond acceptors (Lipinski definition) is 5. The van der Waals surface area contributed by atoms with Crippen molar-refractivity contribution in [2.75, 3.05) is 44.2 Å². The zero-order valence-electron chi connectivity index (χ0n) is 20.0. The Morgan fingerprint density at radius 3 is 2.39 bits per heavy atom. The molecule has 36 heavy (non-hydrogen) atoms. The molecule has 4 rings (SSSR count). The monoisotopic (exact) mass is 532 g/mol. The first-order valence-electron chi connectivity index (χ1n) is 11.9. The average Bonchev–Trinajstić information content (AvgIpc) is 2.88. The van der Waals surface area contributed by atoms with Crippen molar-refractivity contribution < 1.29 is 19.0 Å². The number of aliphatic hydroxyl groups is 1. The third kappa shape index (κ3) is 7.93. The van der Waals surface area contributed by atoms with E-state index in [1.54, 1.807) is 0 Å². The summed E-state index contributed by atoms with van der Waals surface area (Å²) >= 11 is 5.98. The van der Waals surface area contributed by atoms with Gasteiger partial charge in [-0.15, -0.1) is 12.4 Å². The standard InChI is InChI=1S/C28H30ClFN2O3.ClH/c29-22-7-10-24(11-8-22)32-16-14-31(15-17-32)19-25(33)20-35-28-13-9-23(30)18-26(28)27(34)12-6-21-4-2-1-3-5-21;/h1-5,7-11,13,18,25,33H,6,12,14-17,19-20H2;1H. The van der Waals surface area contributed by atoms with E-state index in [2.05, 4.69) is 9.80 Å². The summed E-state index contributed by atoms with van der Waals surface area (Å²) in [5, 5.41) is 11.3. The first kappa shape index (κ1) is 27.9. The van der Waals surface area contributed by atoms with Crippen LogP contribution in [0.3, 0.4) is 0 Å². The maximum absolute atomic E-state index is 13.9. The summed E-state index contributed by atoms with van der Waals surface area (Å²) in [6, 6.07) is 21.5. The minimum absolute atomic E-state index is 0. The lowest BCUT2D eigenvalue weighted by atomic mass is 10.0. The fourth-order valence-electron chi connectivity index (χ4n) is 4.26. The van der Waals surface area contributed by atoms with Crippen LogP contribution in [-0.4, -0.2) is 61.2 Å². The van der Waals surface area contributed by atoms with Crippen molar-refractivity contribution in [2.24, 2.45) is 0 Å². The van der Waals surface area contributed by atoms with Crippen LogP contribution < -0.4 is 9.64 Å². The van der Waals surface area contributed by atoms with Crippen molar-refractivity contribution in [1.29, 1.82) is 0 Å². The third-order valence-electron chi connectivity index (χ3n) is 6.19. The Bertz CT molecular complexity index is 1110. The van der Waals surface area contributed by atoms with E-state index >= 15 is 0 Å². The van der Waals surface area contributed by atoms with E-state index in [1.165, 1.54) is 18.2 Å². The van der Waals surface area contributed by atoms with E-state index < -0.39 is 11.9 Å². The predicted molar refractivity (Wildman–Crippen MR) is 144 cm³/mol. The number of piperazine rings is 1. The smallest absolute Gasteiger partial charge is 0.167 e. The lowest BCUT2D eigenvalue weighted by molar-refractivity contribution is 0.0655. The van der Waals surface area contributed by atoms with Gasteiger partial charge in [0.2, 0.25) is 0 Å². The van der Waals surface area contributed by atoms with Gasteiger partial charge >= 0.3 is 0 Å². The van der Waals surface area contributed by atoms with Gasteiger partial charge < -0.3 is 14.7 Å². The molecule has 1 aliphatic rings. The van der Waals surface area contributed by atoms with Crippen molar-refractivity contribution in [3.8, 4) is 5.75 Å². The lowest BCUT2D eigenvalue weighted by Crippen LogP contribution is -2.49. The Hall–Kier alpha value is -2.64. The number of halogens is 3. The summed E-state index contributed by atoms with van der Waals surface area (Å²) in [5.74, 6) is -0.369. The van der Waals surface area contributed by atoms with Crippen LogP contribution in [-0.2, 0) is 6.42 Å². The highest BCUT2D eigenvalue weighted by Gasteiger charge is 2.21.